The van der Waals surface area contributed by atoms with Crippen LogP contribution >= 0.6 is 0 Å². The van der Waals surface area contributed by atoms with Crippen LogP contribution in [0.5, 0.6) is 0 Å². The molecule has 0 radical (unpaired) electrons. The van der Waals surface area contributed by atoms with Crippen LogP contribution in [0.4, 0.5) is 5.69 Å². The fourth-order valence-corrected chi connectivity index (χ4v) is 3.96. The lowest BCUT2D eigenvalue weighted by Crippen LogP contribution is -2.26. The van der Waals surface area contributed by atoms with Gasteiger partial charge in [0.1, 0.15) is 5.69 Å². The highest BCUT2D eigenvalue weighted by molar-refractivity contribution is 5.95. The van der Waals surface area contributed by atoms with Crippen molar-refractivity contribution < 1.29 is 14.3 Å². The van der Waals surface area contributed by atoms with Crippen molar-refractivity contribution in [2.24, 2.45) is 7.05 Å². The average Bonchev–Trinajstić information content (AvgIpc) is 3.00. The molecule has 0 bridgehead atoms. The summed E-state index contributed by atoms with van der Waals surface area (Å²) in [6.45, 7) is 1.28. The van der Waals surface area contributed by atoms with Gasteiger partial charge in [-0.15, -0.1) is 0 Å². The molecule has 1 aliphatic rings. The van der Waals surface area contributed by atoms with Gasteiger partial charge in [0.15, 0.2) is 6.61 Å². The van der Waals surface area contributed by atoms with E-state index in [-0.39, 0.29) is 11.2 Å². The molecule has 4 rings (SSSR count). The second kappa shape index (κ2) is 8.63. The molecule has 1 heterocycles. The van der Waals surface area contributed by atoms with Crippen molar-refractivity contribution >= 4 is 17.6 Å². The van der Waals surface area contributed by atoms with E-state index in [1.165, 1.54) is 22.2 Å². The Hall–Kier alpha value is -3.61. The number of ether oxygens (including phenoxy) is 1. The summed E-state index contributed by atoms with van der Waals surface area (Å²) in [6.07, 6.45) is 4.27. The molecule has 31 heavy (non-hydrogen) atoms. The Kier molecular flexibility index (Phi) is 5.75. The van der Waals surface area contributed by atoms with Crippen molar-refractivity contribution in [2.45, 2.75) is 32.6 Å². The van der Waals surface area contributed by atoms with Crippen LogP contribution < -0.4 is 10.9 Å². The van der Waals surface area contributed by atoms with Gasteiger partial charge >= 0.3 is 5.97 Å². The number of nitrogens with zero attached hydrogens (tertiary/aromatic N) is 2. The molecule has 0 atom stereocenters. The lowest BCUT2D eigenvalue weighted by Gasteiger charge is -2.16. The van der Waals surface area contributed by atoms with Crippen LogP contribution in [0, 0.1) is 6.92 Å². The van der Waals surface area contributed by atoms with E-state index in [0.29, 0.717) is 16.9 Å². The van der Waals surface area contributed by atoms with Crippen LogP contribution in [0.15, 0.2) is 53.3 Å². The monoisotopic (exact) mass is 419 g/mol. The molecule has 3 aromatic rings. The maximum absolute atomic E-state index is 12.9. The highest BCUT2D eigenvalue weighted by Crippen LogP contribution is 2.22. The first-order chi connectivity index (χ1) is 15.0. The minimum atomic E-state index is -0.558. The third-order valence-electron chi connectivity index (χ3n) is 5.74. The Balaban J connectivity index is 1.44. The Labute approximate surface area is 180 Å². The largest absolute Gasteiger partial charge is 0.452 e. The minimum absolute atomic E-state index is 0.168. The number of rotatable bonds is 5. The maximum Gasteiger partial charge on any atom is 0.338 e. The summed E-state index contributed by atoms with van der Waals surface area (Å²) in [7, 11) is 1.75. The Bertz CT molecular complexity index is 1190. The van der Waals surface area contributed by atoms with Crippen molar-refractivity contribution in [3.63, 3.8) is 0 Å². The zero-order valence-electron chi connectivity index (χ0n) is 17.7. The van der Waals surface area contributed by atoms with E-state index in [1.54, 1.807) is 24.7 Å². The molecular weight excluding hydrogens is 394 g/mol. The normalized spacial score (nSPS) is 12.8. The van der Waals surface area contributed by atoms with Gasteiger partial charge in [0.25, 0.3) is 11.5 Å². The van der Waals surface area contributed by atoms with Gasteiger partial charge < -0.3 is 10.1 Å². The van der Waals surface area contributed by atoms with Crippen molar-refractivity contribution in [1.82, 2.24) is 9.36 Å². The molecule has 0 saturated heterocycles. The molecule has 0 spiro atoms. The number of aryl methyl sites for hydroxylation is 2. The van der Waals surface area contributed by atoms with Crippen molar-refractivity contribution in [1.29, 1.82) is 0 Å². The number of benzene rings is 2. The van der Waals surface area contributed by atoms with E-state index in [9.17, 15) is 14.4 Å². The summed E-state index contributed by atoms with van der Waals surface area (Å²) in [6, 6.07) is 14.7. The predicted octanol–water partition coefficient (Wildman–Crippen LogP) is 3.16. The molecule has 1 N–H and O–H groups in total. The lowest BCUT2D eigenvalue weighted by molar-refractivity contribution is -0.119. The summed E-state index contributed by atoms with van der Waals surface area (Å²) in [5.41, 5.74) is 4.00. The van der Waals surface area contributed by atoms with Gasteiger partial charge in [-0.1, -0.05) is 24.3 Å². The van der Waals surface area contributed by atoms with Crippen LogP contribution in [0.1, 0.15) is 40.0 Å². The second-order valence-corrected chi connectivity index (χ2v) is 7.75. The third-order valence-corrected chi connectivity index (χ3v) is 5.74. The van der Waals surface area contributed by atoms with E-state index in [2.05, 4.69) is 5.32 Å². The average molecular weight is 419 g/mol. The standard InChI is InChI=1S/C24H25N3O4/c1-16-22(23(29)27(26(16)2)20-10-4-3-5-11-20)25-21(28)15-31-24(30)19-13-12-17-8-6-7-9-18(17)14-19/h3-5,10-14H,6-9,15H2,1-2H3,(H,25,28). The first kappa shape index (κ1) is 20.7. The highest BCUT2D eigenvalue weighted by atomic mass is 16.5. The van der Waals surface area contributed by atoms with Crippen molar-refractivity contribution in [3.05, 3.63) is 81.3 Å². The quantitative estimate of drug-likeness (QED) is 0.644. The minimum Gasteiger partial charge on any atom is -0.452 e. The number of anilines is 1. The molecule has 7 nitrogen and oxygen atoms in total. The number of nitrogens with one attached hydrogen (secondary N) is 1. The summed E-state index contributed by atoms with van der Waals surface area (Å²) >= 11 is 0. The third kappa shape index (κ3) is 4.17. The molecular formula is C24H25N3O4. The van der Waals surface area contributed by atoms with Gasteiger partial charge in [0.2, 0.25) is 0 Å². The van der Waals surface area contributed by atoms with Crippen LogP contribution in [0.3, 0.4) is 0 Å². The molecule has 7 heteroatoms. The number of hydrogen-bond donors (Lipinski definition) is 1. The van der Waals surface area contributed by atoms with Gasteiger partial charge in [0.05, 0.1) is 16.9 Å². The molecule has 1 aromatic heterocycles. The van der Waals surface area contributed by atoms with Gasteiger partial charge in [-0.2, -0.15) is 0 Å². The van der Waals surface area contributed by atoms with E-state index >= 15 is 0 Å². The number of carbonyl (C=O) groups is 2. The van der Waals surface area contributed by atoms with Crippen molar-refractivity contribution in [2.75, 3.05) is 11.9 Å². The van der Waals surface area contributed by atoms with Gasteiger partial charge in [-0.25, -0.2) is 9.48 Å². The lowest BCUT2D eigenvalue weighted by atomic mass is 9.90. The van der Waals surface area contributed by atoms with Crippen molar-refractivity contribution in [3.8, 4) is 5.69 Å². The molecule has 0 unspecified atom stereocenters. The van der Waals surface area contributed by atoms with Crippen LogP contribution in [0.2, 0.25) is 0 Å². The number of esters is 1. The number of carbonyl (C=O) groups excluding carboxylic acids is 2. The first-order valence-corrected chi connectivity index (χ1v) is 10.4. The Morgan fingerprint density at radius 3 is 2.48 bits per heavy atom. The number of para-hydroxylation sites is 1. The van der Waals surface area contributed by atoms with Crippen LogP contribution in [-0.2, 0) is 29.4 Å². The predicted molar refractivity (Wildman–Crippen MR) is 118 cm³/mol. The fraction of sp³-hybridized carbons (Fsp3) is 0.292. The highest BCUT2D eigenvalue weighted by Gasteiger charge is 2.19. The molecule has 0 saturated carbocycles. The molecule has 0 fully saturated rings. The zero-order chi connectivity index (χ0) is 22.0. The number of fused-ring (bicyclic) bond motifs is 1. The van der Waals surface area contributed by atoms with Gasteiger partial charge in [-0.05, 0) is 68.0 Å². The first-order valence-electron chi connectivity index (χ1n) is 10.4. The molecule has 160 valence electrons. The van der Waals surface area contributed by atoms with Gasteiger partial charge in [-0.3, -0.25) is 14.3 Å². The second-order valence-electron chi connectivity index (χ2n) is 7.75. The topological polar surface area (TPSA) is 82.3 Å². The SMILES string of the molecule is Cc1c(NC(=O)COC(=O)c2ccc3c(c2)CCCC3)c(=O)n(-c2ccccc2)n1C. The van der Waals surface area contributed by atoms with E-state index in [4.69, 9.17) is 4.74 Å². The number of hydrogen-bond acceptors (Lipinski definition) is 4. The Morgan fingerprint density at radius 1 is 1.03 bits per heavy atom. The summed E-state index contributed by atoms with van der Waals surface area (Å²) < 4.78 is 8.34. The van der Waals surface area contributed by atoms with Crippen LogP contribution in [-0.4, -0.2) is 27.8 Å². The molecule has 1 amide bonds. The number of amides is 1. The summed E-state index contributed by atoms with van der Waals surface area (Å²) in [4.78, 5) is 37.7. The maximum atomic E-state index is 12.9. The van der Waals surface area contributed by atoms with E-state index in [1.807, 2.05) is 42.5 Å². The summed E-state index contributed by atoms with van der Waals surface area (Å²) in [5.74, 6) is -1.10. The smallest absolute Gasteiger partial charge is 0.338 e. The summed E-state index contributed by atoms with van der Waals surface area (Å²) in [5, 5.41) is 2.60. The molecule has 0 aliphatic heterocycles. The van der Waals surface area contributed by atoms with Gasteiger partial charge in [0, 0.05) is 7.05 Å². The fourth-order valence-electron chi connectivity index (χ4n) is 3.96. The zero-order valence-corrected chi connectivity index (χ0v) is 17.7. The molecule has 2 aromatic carbocycles. The Morgan fingerprint density at radius 2 is 1.74 bits per heavy atom. The van der Waals surface area contributed by atoms with E-state index in [0.717, 1.165) is 19.3 Å². The van der Waals surface area contributed by atoms with E-state index < -0.39 is 18.5 Å². The van der Waals surface area contributed by atoms with Crippen LogP contribution in [0.25, 0.3) is 5.69 Å². The number of aromatic nitrogens is 2. The molecule has 1 aliphatic carbocycles.